The zero-order chi connectivity index (χ0) is 13.7. The Balaban J connectivity index is 2.23. The SMILES string of the molecule is CCOc1cccc(-c2cncn2CCC(=O)O)c1. The first kappa shape index (κ1) is 13.1. The second-order valence-corrected chi connectivity index (χ2v) is 4.08. The number of carbonyl (C=O) groups is 1. The molecule has 5 nitrogen and oxygen atoms in total. The maximum atomic E-state index is 10.6. The maximum absolute atomic E-state index is 10.6. The molecule has 1 N–H and O–H groups in total. The van der Waals surface area contributed by atoms with Gasteiger partial charge in [-0.05, 0) is 19.1 Å². The molecule has 0 aliphatic heterocycles. The molecule has 1 heterocycles. The zero-order valence-electron chi connectivity index (χ0n) is 10.7. The molecule has 0 unspecified atom stereocenters. The van der Waals surface area contributed by atoms with Crippen molar-refractivity contribution in [3.8, 4) is 17.0 Å². The van der Waals surface area contributed by atoms with Crippen LogP contribution in [-0.4, -0.2) is 27.2 Å². The average Bonchev–Trinajstić information content (AvgIpc) is 2.85. The van der Waals surface area contributed by atoms with Gasteiger partial charge in [-0.2, -0.15) is 0 Å². The Morgan fingerprint density at radius 2 is 2.32 bits per heavy atom. The molecule has 0 atom stereocenters. The number of nitrogens with zero attached hydrogens (tertiary/aromatic N) is 2. The smallest absolute Gasteiger partial charge is 0.305 e. The number of aromatic nitrogens is 2. The number of carboxylic acid groups (broad SMARTS) is 1. The Morgan fingerprint density at radius 3 is 3.05 bits per heavy atom. The second-order valence-electron chi connectivity index (χ2n) is 4.08. The van der Waals surface area contributed by atoms with Crippen LogP contribution in [0.1, 0.15) is 13.3 Å². The monoisotopic (exact) mass is 260 g/mol. The molecule has 0 amide bonds. The summed E-state index contributed by atoms with van der Waals surface area (Å²) in [6, 6.07) is 7.69. The van der Waals surface area contributed by atoms with Crippen LogP contribution in [0.2, 0.25) is 0 Å². The van der Waals surface area contributed by atoms with Crippen LogP contribution >= 0.6 is 0 Å². The minimum atomic E-state index is -0.817. The lowest BCUT2D eigenvalue weighted by atomic mass is 10.1. The molecule has 0 spiro atoms. The summed E-state index contributed by atoms with van der Waals surface area (Å²) in [5.41, 5.74) is 1.86. The molecular weight excluding hydrogens is 244 g/mol. The third-order valence-corrected chi connectivity index (χ3v) is 2.72. The number of carboxylic acids is 1. The normalized spacial score (nSPS) is 10.4. The number of hydrogen-bond acceptors (Lipinski definition) is 3. The highest BCUT2D eigenvalue weighted by atomic mass is 16.5. The molecule has 0 saturated carbocycles. The van der Waals surface area contributed by atoms with Gasteiger partial charge in [-0.25, -0.2) is 4.98 Å². The summed E-state index contributed by atoms with van der Waals surface area (Å²) >= 11 is 0. The molecule has 1 aromatic carbocycles. The highest BCUT2D eigenvalue weighted by molar-refractivity contribution is 5.67. The van der Waals surface area contributed by atoms with E-state index in [4.69, 9.17) is 9.84 Å². The van der Waals surface area contributed by atoms with Gasteiger partial charge in [-0.3, -0.25) is 4.79 Å². The molecule has 2 aromatic rings. The zero-order valence-corrected chi connectivity index (χ0v) is 10.7. The van der Waals surface area contributed by atoms with Gasteiger partial charge in [-0.15, -0.1) is 0 Å². The van der Waals surface area contributed by atoms with Gasteiger partial charge < -0.3 is 14.4 Å². The van der Waals surface area contributed by atoms with Gasteiger partial charge in [0.1, 0.15) is 5.75 Å². The Labute approximate surface area is 111 Å². The van der Waals surface area contributed by atoms with E-state index < -0.39 is 5.97 Å². The summed E-state index contributed by atoms with van der Waals surface area (Å²) in [4.78, 5) is 14.7. The van der Waals surface area contributed by atoms with Gasteiger partial charge in [0.15, 0.2) is 0 Å². The maximum Gasteiger partial charge on any atom is 0.305 e. The Morgan fingerprint density at radius 1 is 1.47 bits per heavy atom. The lowest BCUT2D eigenvalue weighted by Crippen LogP contribution is -2.04. The van der Waals surface area contributed by atoms with Crippen molar-refractivity contribution < 1.29 is 14.6 Å². The summed E-state index contributed by atoms with van der Waals surface area (Å²) in [5.74, 6) is -0.0197. The molecule has 100 valence electrons. The van der Waals surface area contributed by atoms with Crippen molar-refractivity contribution in [1.82, 2.24) is 9.55 Å². The molecule has 1 aromatic heterocycles. The number of benzene rings is 1. The minimum absolute atomic E-state index is 0.0779. The van der Waals surface area contributed by atoms with E-state index in [0.29, 0.717) is 13.2 Å². The quantitative estimate of drug-likeness (QED) is 0.866. The molecule has 19 heavy (non-hydrogen) atoms. The van der Waals surface area contributed by atoms with Crippen molar-refractivity contribution in [2.24, 2.45) is 0 Å². The van der Waals surface area contributed by atoms with Crippen LogP contribution in [-0.2, 0) is 11.3 Å². The molecule has 0 aliphatic carbocycles. The van der Waals surface area contributed by atoms with Crippen LogP contribution in [0.3, 0.4) is 0 Å². The van der Waals surface area contributed by atoms with Crippen molar-refractivity contribution in [2.45, 2.75) is 19.9 Å². The molecule has 0 saturated heterocycles. The highest BCUT2D eigenvalue weighted by Gasteiger charge is 2.07. The van der Waals surface area contributed by atoms with Gasteiger partial charge in [0.05, 0.1) is 31.2 Å². The molecule has 5 heteroatoms. The van der Waals surface area contributed by atoms with E-state index in [2.05, 4.69) is 4.98 Å². The van der Waals surface area contributed by atoms with Crippen molar-refractivity contribution in [2.75, 3.05) is 6.61 Å². The van der Waals surface area contributed by atoms with E-state index in [9.17, 15) is 4.79 Å². The van der Waals surface area contributed by atoms with Crippen LogP contribution in [0, 0.1) is 0 Å². The van der Waals surface area contributed by atoms with E-state index >= 15 is 0 Å². The van der Waals surface area contributed by atoms with Gasteiger partial charge >= 0.3 is 5.97 Å². The lowest BCUT2D eigenvalue weighted by Gasteiger charge is -2.09. The fourth-order valence-corrected chi connectivity index (χ4v) is 1.87. The first-order valence-corrected chi connectivity index (χ1v) is 6.16. The van der Waals surface area contributed by atoms with E-state index in [1.54, 1.807) is 12.5 Å². The molecule has 2 rings (SSSR count). The van der Waals surface area contributed by atoms with Gasteiger partial charge in [0, 0.05) is 12.1 Å². The van der Waals surface area contributed by atoms with Crippen molar-refractivity contribution in [1.29, 1.82) is 0 Å². The highest BCUT2D eigenvalue weighted by Crippen LogP contribution is 2.23. The lowest BCUT2D eigenvalue weighted by molar-refractivity contribution is -0.137. The van der Waals surface area contributed by atoms with Crippen LogP contribution in [0.25, 0.3) is 11.3 Å². The van der Waals surface area contributed by atoms with Gasteiger partial charge in [0.25, 0.3) is 0 Å². The Hall–Kier alpha value is -2.30. The molecular formula is C14H16N2O3. The fraction of sp³-hybridized carbons (Fsp3) is 0.286. The van der Waals surface area contributed by atoms with Crippen LogP contribution in [0.15, 0.2) is 36.8 Å². The number of aliphatic carboxylic acids is 1. The van der Waals surface area contributed by atoms with Gasteiger partial charge in [-0.1, -0.05) is 12.1 Å². The standard InChI is InChI=1S/C14H16N2O3/c1-2-19-12-5-3-4-11(8-12)13-9-15-10-16(13)7-6-14(17)18/h3-5,8-10H,2,6-7H2,1H3,(H,17,18). The number of aryl methyl sites for hydroxylation is 1. The van der Waals surface area contributed by atoms with E-state index in [-0.39, 0.29) is 6.42 Å². The largest absolute Gasteiger partial charge is 0.494 e. The summed E-state index contributed by atoms with van der Waals surface area (Å²) in [5, 5.41) is 8.73. The fourth-order valence-electron chi connectivity index (χ4n) is 1.87. The number of ether oxygens (including phenoxy) is 1. The van der Waals surface area contributed by atoms with E-state index in [1.807, 2.05) is 35.8 Å². The first-order chi connectivity index (χ1) is 9.20. The van der Waals surface area contributed by atoms with E-state index in [0.717, 1.165) is 17.0 Å². The minimum Gasteiger partial charge on any atom is -0.494 e. The summed E-state index contributed by atoms with van der Waals surface area (Å²) in [6.07, 6.45) is 3.45. The third-order valence-electron chi connectivity index (χ3n) is 2.72. The average molecular weight is 260 g/mol. The van der Waals surface area contributed by atoms with Crippen molar-refractivity contribution >= 4 is 5.97 Å². The van der Waals surface area contributed by atoms with Crippen molar-refractivity contribution in [3.05, 3.63) is 36.8 Å². The molecule has 0 aliphatic rings. The van der Waals surface area contributed by atoms with Crippen LogP contribution in [0.4, 0.5) is 0 Å². The Kier molecular flexibility index (Phi) is 4.18. The molecule has 0 radical (unpaired) electrons. The van der Waals surface area contributed by atoms with Crippen LogP contribution in [0.5, 0.6) is 5.75 Å². The predicted molar refractivity (Wildman–Crippen MR) is 71.1 cm³/mol. The molecule has 0 bridgehead atoms. The predicted octanol–water partition coefficient (Wildman–Crippen LogP) is 2.42. The number of rotatable bonds is 6. The topological polar surface area (TPSA) is 64.4 Å². The second kappa shape index (κ2) is 6.04. The number of hydrogen-bond donors (Lipinski definition) is 1. The molecule has 0 fully saturated rings. The number of imidazole rings is 1. The summed E-state index contributed by atoms with van der Waals surface area (Å²) < 4.78 is 7.29. The summed E-state index contributed by atoms with van der Waals surface area (Å²) in [6.45, 7) is 2.95. The van der Waals surface area contributed by atoms with Gasteiger partial charge in [0.2, 0.25) is 0 Å². The Bertz CT molecular complexity index is 563. The first-order valence-electron chi connectivity index (χ1n) is 6.16. The van der Waals surface area contributed by atoms with Crippen molar-refractivity contribution in [3.63, 3.8) is 0 Å². The summed E-state index contributed by atoms with van der Waals surface area (Å²) in [7, 11) is 0. The van der Waals surface area contributed by atoms with Crippen LogP contribution < -0.4 is 4.74 Å². The van der Waals surface area contributed by atoms with E-state index in [1.165, 1.54) is 0 Å². The third kappa shape index (κ3) is 3.34.